The van der Waals surface area contributed by atoms with E-state index in [0.29, 0.717) is 0 Å². The van der Waals surface area contributed by atoms with E-state index in [-0.39, 0.29) is 17.1 Å². The Bertz CT molecular complexity index is 775. The van der Waals surface area contributed by atoms with Crippen molar-refractivity contribution in [1.29, 1.82) is 0 Å². The SMILES string of the molecule is [2H]C(O)[C@H]1O[C@@H](n2cnc3c(=O)[nH]c(N)nc32)[C@H](O)[C@]1([2H])O. The molecule has 1 unspecified atom stereocenters. The van der Waals surface area contributed by atoms with Crippen LogP contribution in [0.15, 0.2) is 11.1 Å². The lowest BCUT2D eigenvalue weighted by molar-refractivity contribution is -0.0511. The van der Waals surface area contributed by atoms with Crippen molar-refractivity contribution in [1.82, 2.24) is 19.5 Å². The molecular weight excluding hydrogens is 270 g/mol. The molecule has 5 atom stereocenters. The summed E-state index contributed by atoms with van der Waals surface area (Å²) in [6.07, 6.45) is -6.35. The molecule has 0 amide bonds. The molecule has 0 bridgehead atoms. The number of aromatic nitrogens is 4. The van der Waals surface area contributed by atoms with Crippen LogP contribution in [0.4, 0.5) is 5.95 Å². The number of imidazole rings is 1. The van der Waals surface area contributed by atoms with Crippen molar-refractivity contribution in [2.45, 2.75) is 24.5 Å². The third kappa shape index (κ3) is 1.78. The maximum atomic E-state index is 11.7. The number of hydrogen-bond donors (Lipinski definition) is 5. The number of aromatic amines is 1. The van der Waals surface area contributed by atoms with Crippen molar-refractivity contribution in [3.63, 3.8) is 0 Å². The Morgan fingerprint density at radius 3 is 3.05 bits per heavy atom. The van der Waals surface area contributed by atoms with E-state index >= 15 is 0 Å². The lowest BCUT2D eigenvalue weighted by Crippen LogP contribution is -2.33. The Morgan fingerprint density at radius 2 is 2.40 bits per heavy atom. The molecule has 0 aliphatic carbocycles. The zero-order valence-corrected chi connectivity index (χ0v) is 9.96. The molecule has 2 aromatic heterocycles. The van der Waals surface area contributed by atoms with Crippen LogP contribution >= 0.6 is 0 Å². The van der Waals surface area contributed by atoms with Gasteiger partial charge in [0.25, 0.3) is 5.56 Å². The standard InChI is InChI=1S/C10H13N5O5/c11-10-13-7-4(8(19)14-10)12-2-15(7)9-6(18)5(17)3(1-16)20-9/h2-3,5-6,9,16-18H,1H2,(H3,11,13,14,19)/t3-,5-,6-,9-/m1/s1/i1D,5D/t1?,3-,5-,6-,9-. The number of aliphatic hydroxyl groups is 3. The fourth-order valence-electron chi connectivity index (χ4n) is 2.07. The Morgan fingerprint density at radius 1 is 1.65 bits per heavy atom. The summed E-state index contributed by atoms with van der Waals surface area (Å²) in [5.74, 6) is -0.190. The second-order valence-corrected chi connectivity index (χ2v) is 4.24. The summed E-state index contributed by atoms with van der Waals surface area (Å²) in [4.78, 5) is 21.6. The first kappa shape index (κ1) is 10.7. The van der Waals surface area contributed by atoms with Gasteiger partial charge in [0.15, 0.2) is 17.4 Å². The van der Waals surface area contributed by atoms with Crippen molar-refractivity contribution in [2.24, 2.45) is 0 Å². The molecule has 0 saturated carbocycles. The highest BCUT2D eigenvalue weighted by atomic mass is 16.6. The largest absolute Gasteiger partial charge is 0.394 e. The summed E-state index contributed by atoms with van der Waals surface area (Å²) in [5, 5.41) is 29.2. The van der Waals surface area contributed by atoms with Gasteiger partial charge in [-0.3, -0.25) is 14.3 Å². The summed E-state index contributed by atoms with van der Waals surface area (Å²) in [6, 6.07) is 0. The first-order valence-electron chi connectivity index (χ1n) is 6.69. The first-order valence-corrected chi connectivity index (χ1v) is 5.62. The lowest BCUT2D eigenvalue weighted by atomic mass is 10.1. The minimum Gasteiger partial charge on any atom is -0.394 e. The topological polar surface area (TPSA) is 160 Å². The van der Waals surface area contributed by atoms with E-state index in [2.05, 4.69) is 15.0 Å². The number of H-pyrrole nitrogens is 1. The summed E-state index contributed by atoms with van der Waals surface area (Å²) in [7, 11) is 0. The summed E-state index contributed by atoms with van der Waals surface area (Å²) in [6.45, 7) is -1.95. The molecule has 1 aliphatic heterocycles. The monoisotopic (exact) mass is 285 g/mol. The highest BCUT2D eigenvalue weighted by Crippen LogP contribution is 2.30. The van der Waals surface area contributed by atoms with E-state index in [4.69, 9.17) is 13.2 Å². The Kier molecular flexibility index (Phi) is 2.43. The van der Waals surface area contributed by atoms with Crippen LogP contribution in [0.2, 0.25) is 0 Å². The van der Waals surface area contributed by atoms with Crippen molar-refractivity contribution in [3.05, 3.63) is 16.7 Å². The molecule has 10 heteroatoms. The number of ether oxygens (including phenoxy) is 1. The number of nitrogens with one attached hydrogen (secondary N) is 1. The van der Waals surface area contributed by atoms with Gasteiger partial charge in [-0.1, -0.05) is 0 Å². The van der Waals surface area contributed by atoms with Gasteiger partial charge in [0.05, 0.1) is 15.7 Å². The van der Waals surface area contributed by atoms with Gasteiger partial charge in [-0.15, -0.1) is 0 Å². The van der Waals surface area contributed by atoms with Crippen LogP contribution in [-0.2, 0) is 4.74 Å². The Balaban J connectivity index is 2.11. The van der Waals surface area contributed by atoms with Crippen molar-refractivity contribution in [2.75, 3.05) is 12.3 Å². The average Bonchev–Trinajstić information content (AvgIpc) is 2.91. The van der Waals surface area contributed by atoms with Crippen LogP contribution in [0.25, 0.3) is 11.2 Å². The molecule has 3 rings (SSSR count). The molecule has 2 aromatic rings. The van der Waals surface area contributed by atoms with Crippen LogP contribution in [-0.4, -0.2) is 59.7 Å². The molecule has 1 aliphatic rings. The summed E-state index contributed by atoms with van der Waals surface area (Å²) >= 11 is 0. The van der Waals surface area contributed by atoms with E-state index < -0.39 is 36.7 Å². The number of fused-ring (bicyclic) bond motifs is 1. The fourth-order valence-corrected chi connectivity index (χ4v) is 2.07. The highest BCUT2D eigenvalue weighted by Gasteiger charge is 2.44. The zero-order valence-electron chi connectivity index (χ0n) is 12.0. The predicted octanol–water partition coefficient (Wildman–Crippen LogP) is -2.69. The van der Waals surface area contributed by atoms with Crippen LogP contribution in [0, 0.1) is 0 Å². The van der Waals surface area contributed by atoms with E-state index in [0.717, 1.165) is 10.9 Å². The number of rotatable bonds is 2. The lowest BCUT2D eigenvalue weighted by Gasteiger charge is -2.16. The second-order valence-electron chi connectivity index (χ2n) is 4.24. The summed E-state index contributed by atoms with van der Waals surface area (Å²) < 4.78 is 21.1. The van der Waals surface area contributed by atoms with Crippen molar-refractivity contribution >= 4 is 17.1 Å². The summed E-state index contributed by atoms with van der Waals surface area (Å²) in [5.41, 5.74) is 4.74. The average molecular weight is 285 g/mol. The number of hydrogen-bond acceptors (Lipinski definition) is 8. The van der Waals surface area contributed by atoms with E-state index in [1.165, 1.54) is 0 Å². The number of nitrogen functional groups attached to an aromatic ring is 1. The van der Waals surface area contributed by atoms with Gasteiger partial charge in [-0.25, -0.2) is 4.98 Å². The van der Waals surface area contributed by atoms with Gasteiger partial charge in [-0.05, 0) is 0 Å². The molecule has 10 nitrogen and oxygen atoms in total. The minimum atomic E-state index is -2.62. The third-order valence-electron chi connectivity index (χ3n) is 3.01. The molecule has 1 fully saturated rings. The van der Waals surface area contributed by atoms with Gasteiger partial charge < -0.3 is 25.8 Å². The Labute approximate surface area is 114 Å². The number of nitrogens with zero attached hydrogens (tertiary/aromatic N) is 3. The van der Waals surface area contributed by atoms with Gasteiger partial charge >= 0.3 is 0 Å². The van der Waals surface area contributed by atoms with Gasteiger partial charge in [0.1, 0.15) is 18.3 Å². The molecule has 0 spiro atoms. The van der Waals surface area contributed by atoms with Crippen LogP contribution in [0.3, 0.4) is 0 Å². The van der Waals surface area contributed by atoms with Crippen molar-refractivity contribution in [3.8, 4) is 0 Å². The maximum absolute atomic E-state index is 11.7. The zero-order chi connectivity index (χ0) is 16.2. The number of nitrogens with two attached hydrogens (primary N) is 1. The smallest absolute Gasteiger partial charge is 0.280 e. The van der Waals surface area contributed by atoms with Crippen LogP contribution < -0.4 is 11.3 Å². The Hall–Kier alpha value is -2.01. The van der Waals surface area contributed by atoms with Crippen LogP contribution in [0.1, 0.15) is 8.97 Å². The highest BCUT2D eigenvalue weighted by molar-refractivity contribution is 5.70. The first-order chi connectivity index (χ1) is 10.2. The third-order valence-corrected chi connectivity index (χ3v) is 3.01. The van der Waals surface area contributed by atoms with E-state index in [9.17, 15) is 20.1 Å². The number of aliphatic hydroxyl groups excluding tert-OH is 2. The quantitative estimate of drug-likeness (QED) is 0.399. The molecule has 3 heterocycles. The van der Waals surface area contributed by atoms with E-state index in [1.807, 2.05) is 0 Å². The fraction of sp³-hybridized carbons (Fsp3) is 0.500. The molecule has 1 saturated heterocycles. The van der Waals surface area contributed by atoms with Gasteiger partial charge in [0, 0.05) is 0 Å². The van der Waals surface area contributed by atoms with Crippen molar-refractivity contribution < 1.29 is 22.8 Å². The molecule has 108 valence electrons. The molecule has 20 heavy (non-hydrogen) atoms. The molecular formula is C10H13N5O5. The van der Waals surface area contributed by atoms with Crippen LogP contribution in [0.5, 0.6) is 0 Å². The molecule has 0 aromatic carbocycles. The molecule has 0 radical (unpaired) electrons. The normalized spacial score (nSPS) is 36.9. The predicted molar refractivity (Wildman–Crippen MR) is 65.6 cm³/mol. The second kappa shape index (κ2) is 4.52. The maximum Gasteiger partial charge on any atom is 0.280 e. The number of anilines is 1. The molecule has 6 N–H and O–H groups in total. The van der Waals surface area contributed by atoms with Gasteiger partial charge in [0.2, 0.25) is 5.95 Å². The van der Waals surface area contributed by atoms with Gasteiger partial charge in [-0.2, -0.15) is 4.98 Å². The minimum absolute atomic E-state index is 0.0266. The van der Waals surface area contributed by atoms with E-state index in [1.54, 1.807) is 0 Å².